The van der Waals surface area contributed by atoms with Gasteiger partial charge in [0.1, 0.15) is 13.2 Å². The molecule has 8 nitrogen and oxygen atoms in total. The average Bonchev–Trinajstić information content (AvgIpc) is 3.32. The zero-order valence-corrected chi connectivity index (χ0v) is 48.9. The van der Waals surface area contributed by atoms with Crippen LogP contribution in [0.3, 0.4) is 0 Å². The average molecular weight is 1010 g/mol. The third-order valence-electron chi connectivity index (χ3n) is 14.8. The van der Waals surface area contributed by atoms with E-state index in [2.05, 4.69) is 19.2 Å². The Morgan fingerprint density at radius 3 is 0.971 bits per heavy atom. The number of carbonyl (C=O) groups is 1. The predicted octanol–water partition coefficient (Wildman–Crippen LogP) is 18.6. The van der Waals surface area contributed by atoms with Gasteiger partial charge in [-0.25, -0.2) is 0 Å². The van der Waals surface area contributed by atoms with Crippen molar-refractivity contribution in [2.75, 3.05) is 40.9 Å². The number of phosphoric ester groups is 1. The van der Waals surface area contributed by atoms with Crippen LogP contribution in [-0.4, -0.2) is 68.5 Å². The number of aliphatic hydroxyl groups excluding tert-OH is 1. The first-order valence-electron chi connectivity index (χ1n) is 31.4. The SMILES string of the molecule is CCCCCCCCCCCCCCCCCCCCCCCCCCCCCCCCCCC(O)C(COP(=O)([O-])OCC[N+](C)(C)C)NC(=O)CCCCCCCCCCCCCCCCCC. The standard InChI is InChI=1S/C61H125N2O6P/c1-6-8-10-12-14-16-18-20-22-24-25-26-27-28-29-30-31-32-33-34-35-36-37-38-39-40-42-44-46-48-50-52-54-60(64)59(58-69-70(66,67)68-57-56-63(3,4)5)62-61(65)55-53-51-49-47-45-43-41-23-21-19-17-15-13-11-9-7-2/h59-60,64H,6-58H2,1-5H3,(H-,62,65,66,67). The molecule has 0 saturated heterocycles. The Bertz CT molecular complexity index is 1100. The van der Waals surface area contributed by atoms with E-state index in [1.165, 1.54) is 270 Å². The number of quaternary nitrogens is 1. The van der Waals surface area contributed by atoms with Crippen LogP contribution < -0.4 is 10.2 Å². The smallest absolute Gasteiger partial charge is 0.268 e. The lowest BCUT2D eigenvalue weighted by Crippen LogP contribution is -2.46. The van der Waals surface area contributed by atoms with E-state index in [1.807, 2.05) is 21.1 Å². The van der Waals surface area contributed by atoms with Gasteiger partial charge in [-0.15, -0.1) is 0 Å². The maximum Gasteiger partial charge on any atom is 0.268 e. The fourth-order valence-electron chi connectivity index (χ4n) is 9.93. The zero-order valence-electron chi connectivity index (χ0n) is 48.0. The van der Waals surface area contributed by atoms with Gasteiger partial charge in [0.25, 0.3) is 7.82 Å². The number of unbranched alkanes of at least 4 members (excludes halogenated alkanes) is 46. The lowest BCUT2D eigenvalue weighted by atomic mass is 10.0. The summed E-state index contributed by atoms with van der Waals surface area (Å²) in [6.45, 7) is 4.78. The number of carbonyl (C=O) groups excluding carboxylic acids is 1. The van der Waals surface area contributed by atoms with E-state index in [4.69, 9.17) is 9.05 Å². The molecule has 1 amide bonds. The largest absolute Gasteiger partial charge is 0.756 e. The number of nitrogens with one attached hydrogen (secondary N) is 1. The third-order valence-corrected chi connectivity index (χ3v) is 15.8. The van der Waals surface area contributed by atoms with E-state index in [0.29, 0.717) is 23.9 Å². The molecule has 3 unspecified atom stereocenters. The molecule has 0 aromatic carbocycles. The van der Waals surface area contributed by atoms with Crippen LogP contribution in [0, 0.1) is 0 Å². The second-order valence-corrected chi connectivity index (χ2v) is 24.5. The van der Waals surface area contributed by atoms with E-state index in [0.717, 1.165) is 38.5 Å². The fourth-order valence-corrected chi connectivity index (χ4v) is 10.7. The van der Waals surface area contributed by atoms with Crippen LogP contribution >= 0.6 is 7.82 Å². The van der Waals surface area contributed by atoms with Crippen LogP contribution in [0.15, 0.2) is 0 Å². The molecule has 0 aromatic heterocycles. The Morgan fingerprint density at radius 2 is 0.700 bits per heavy atom. The summed E-state index contributed by atoms with van der Waals surface area (Å²) in [5.74, 6) is -0.157. The highest BCUT2D eigenvalue weighted by Crippen LogP contribution is 2.38. The van der Waals surface area contributed by atoms with Crippen molar-refractivity contribution < 1.29 is 32.9 Å². The number of hydrogen-bond acceptors (Lipinski definition) is 6. The quantitative estimate of drug-likeness (QED) is 0.0357. The van der Waals surface area contributed by atoms with Crippen molar-refractivity contribution in [1.82, 2.24) is 5.32 Å². The van der Waals surface area contributed by atoms with Gasteiger partial charge >= 0.3 is 0 Å². The first-order chi connectivity index (χ1) is 34.0. The molecular weight excluding hydrogens is 888 g/mol. The van der Waals surface area contributed by atoms with Crippen LogP contribution in [0.25, 0.3) is 0 Å². The maximum absolute atomic E-state index is 13.0. The van der Waals surface area contributed by atoms with Crippen molar-refractivity contribution in [1.29, 1.82) is 0 Å². The first kappa shape index (κ1) is 69.5. The Kier molecular flexibility index (Phi) is 52.9. The molecule has 0 spiro atoms. The summed E-state index contributed by atoms with van der Waals surface area (Å²) < 4.78 is 23.5. The Hall–Kier alpha value is -0.500. The highest BCUT2D eigenvalue weighted by molar-refractivity contribution is 7.45. The van der Waals surface area contributed by atoms with Crippen LogP contribution in [-0.2, 0) is 18.4 Å². The molecule has 2 N–H and O–H groups in total. The van der Waals surface area contributed by atoms with Crippen molar-refractivity contribution >= 4 is 13.7 Å². The summed E-state index contributed by atoms with van der Waals surface area (Å²) in [5.41, 5.74) is 0. The maximum atomic E-state index is 13.0. The molecule has 0 heterocycles. The number of phosphoric acid groups is 1. The highest BCUT2D eigenvalue weighted by Gasteiger charge is 2.24. The summed E-state index contributed by atoms with van der Waals surface area (Å²) in [6.07, 6.45) is 64.5. The number of nitrogens with zero attached hydrogens (tertiary/aromatic N) is 1. The monoisotopic (exact) mass is 1010 g/mol. The van der Waals surface area contributed by atoms with Gasteiger partial charge < -0.3 is 28.8 Å². The van der Waals surface area contributed by atoms with Gasteiger partial charge in [0.2, 0.25) is 5.91 Å². The minimum absolute atomic E-state index is 0.0167. The van der Waals surface area contributed by atoms with Crippen LogP contribution in [0.2, 0.25) is 0 Å². The molecule has 0 radical (unpaired) electrons. The summed E-state index contributed by atoms with van der Waals surface area (Å²) in [4.78, 5) is 25.5. The summed E-state index contributed by atoms with van der Waals surface area (Å²) >= 11 is 0. The summed E-state index contributed by atoms with van der Waals surface area (Å²) in [6, 6.07) is -0.795. The highest BCUT2D eigenvalue weighted by atomic mass is 31.2. The second kappa shape index (κ2) is 53.3. The number of hydrogen-bond donors (Lipinski definition) is 2. The van der Waals surface area contributed by atoms with Crippen LogP contribution in [0.1, 0.15) is 335 Å². The van der Waals surface area contributed by atoms with Gasteiger partial charge in [0, 0.05) is 6.42 Å². The topological polar surface area (TPSA) is 108 Å². The van der Waals surface area contributed by atoms with E-state index >= 15 is 0 Å². The molecule has 0 aliphatic heterocycles. The molecule has 0 aliphatic carbocycles. The lowest BCUT2D eigenvalue weighted by molar-refractivity contribution is -0.870. The zero-order chi connectivity index (χ0) is 51.3. The molecule has 0 fully saturated rings. The number of amides is 1. The predicted molar refractivity (Wildman–Crippen MR) is 303 cm³/mol. The Labute approximate surface area is 438 Å². The van der Waals surface area contributed by atoms with Crippen LogP contribution in [0.5, 0.6) is 0 Å². The molecule has 420 valence electrons. The Morgan fingerprint density at radius 1 is 0.443 bits per heavy atom. The molecule has 9 heteroatoms. The molecule has 0 bridgehead atoms. The van der Waals surface area contributed by atoms with Crippen molar-refractivity contribution in [3.8, 4) is 0 Å². The van der Waals surface area contributed by atoms with E-state index in [-0.39, 0.29) is 19.1 Å². The van der Waals surface area contributed by atoms with Gasteiger partial charge in [0.15, 0.2) is 0 Å². The molecule has 0 rings (SSSR count). The fraction of sp³-hybridized carbons (Fsp3) is 0.984. The normalized spacial score (nSPS) is 13.8. The molecule has 0 saturated carbocycles. The third kappa shape index (κ3) is 55.3. The number of rotatable bonds is 59. The van der Waals surface area contributed by atoms with Gasteiger partial charge in [0.05, 0.1) is 39.9 Å². The number of aliphatic hydroxyl groups is 1. The minimum atomic E-state index is -4.57. The summed E-state index contributed by atoms with van der Waals surface area (Å²) in [5, 5.41) is 14.0. The van der Waals surface area contributed by atoms with Crippen molar-refractivity contribution in [2.24, 2.45) is 0 Å². The van der Waals surface area contributed by atoms with Gasteiger partial charge in [-0.3, -0.25) is 9.36 Å². The molecule has 0 aliphatic rings. The van der Waals surface area contributed by atoms with Gasteiger partial charge in [-0.1, -0.05) is 316 Å². The molecule has 70 heavy (non-hydrogen) atoms. The van der Waals surface area contributed by atoms with Crippen molar-refractivity contribution in [3.63, 3.8) is 0 Å². The molecular formula is C61H125N2O6P. The molecule has 0 aromatic rings. The van der Waals surface area contributed by atoms with Gasteiger partial charge in [-0.05, 0) is 12.8 Å². The van der Waals surface area contributed by atoms with E-state index in [9.17, 15) is 19.4 Å². The van der Waals surface area contributed by atoms with Crippen LogP contribution in [0.4, 0.5) is 0 Å². The summed E-state index contributed by atoms with van der Waals surface area (Å²) in [7, 11) is 1.33. The second-order valence-electron chi connectivity index (χ2n) is 23.1. The van der Waals surface area contributed by atoms with E-state index < -0.39 is 20.0 Å². The number of likely N-dealkylation sites (N-methyl/N-ethyl adjacent to an activating group) is 1. The minimum Gasteiger partial charge on any atom is -0.756 e. The lowest BCUT2D eigenvalue weighted by Gasteiger charge is -2.30. The van der Waals surface area contributed by atoms with E-state index in [1.54, 1.807) is 0 Å². The van der Waals surface area contributed by atoms with Crippen molar-refractivity contribution in [3.05, 3.63) is 0 Å². The van der Waals surface area contributed by atoms with Gasteiger partial charge in [-0.2, -0.15) is 0 Å². The molecule has 3 atom stereocenters. The first-order valence-corrected chi connectivity index (χ1v) is 32.8. The van der Waals surface area contributed by atoms with Crippen molar-refractivity contribution in [2.45, 2.75) is 347 Å². The Balaban J connectivity index is 3.97.